The molecule has 0 atom stereocenters. The minimum Gasteiger partial charge on any atom is -0.320 e. The number of rotatable bonds is 2. The van der Waals surface area contributed by atoms with Gasteiger partial charge in [0.05, 0.1) is 23.0 Å². The SMILES string of the molecule is Cc1ccc(F)c(C(=O)Nc2cccc3cn[nH]c23)c1. The molecule has 100 valence electrons. The summed E-state index contributed by atoms with van der Waals surface area (Å²) in [5.74, 6) is -1.02. The lowest BCUT2D eigenvalue weighted by Gasteiger charge is -2.07. The van der Waals surface area contributed by atoms with Gasteiger partial charge in [-0.3, -0.25) is 9.89 Å². The number of carbonyl (C=O) groups excluding carboxylic acids is 1. The fraction of sp³-hybridized carbons (Fsp3) is 0.0667. The Kier molecular flexibility index (Phi) is 2.95. The maximum Gasteiger partial charge on any atom is 0.258 e. The maximum absolute atomic E-state index is 13.7. The Hall–Kier alpha value is -2.69. The van der Waals surface area contributed by atoms with Crippen LogP contribution in [0.5, 0.6) is 0 Å². The van der Waals surface area contributed by atoms with Crippen molar-refractivity contribution in [1.29, 1.82) is 0 Å². The molecule has 1 aromatic heterocycles. The molecule has 2 aromatic carbocycles. The molecule has 0 saturated carbocycles. The smallest absolute Gasteiger partial charge is 0.258 e. The largest absolute Gasteiger partial charge is 0.320 e. The number of para-hydroxylation sites is 1. The number of aryl methyl sites for hydroxylation is 1. The summed E-state index contributed by atoms with van der Waals surface area (Å²) in [5, 5.41) is 10.3. The molecule has 0 unspecified atom stereocenters. The Morgan fingerprint density at radius 2 is 2.15 bits per heavy atom. The summed E-state index contributed by atoms with van der Waals surface area (Å²) in [4.78, 5) is 12.2. The molecule has 0 radical (unpaired) electrons. The number of hydrogen-bond donors (Lipinski definition) is 2. The van der Waals surface area contributed by atoms with Crippen molar-refractivity contribution in [1.82, 2.24) is 10.2 Å². The van der Waals surface area contributed by atoms with Gasteiger partial charge in [-0.1, -0.05) is 23.8 Å². The number of aromatic nitrogens is 2. The molecule has 4 nitrogen and oxygen atoms in total. The summed E-state index contributed by atoms with van der Waals surface area (Å²) >= 11 is 0. The van der Waals surface area contributed by atoms with Crippen LogP contribution in [0.3, 0.4) is 0 Å². The van der Waals surface area contributed by atoms with Crippen molar-refractivity contribution in [3.8, 4) is 0 Å². The zero-order chi connectivity index (χ0) is 14.1. The zero-order valence-electron chi connectivity index (χ0n) is 10.8. The highest BCUT2D eigenvalue weighted by molar-refractivity contribution is 6.08. The third kappa shape index (κ3) is 2.14. The molecule has 0 aliphatic rings. The molecule has 3 aromatic rings. The summed E-state index contributed by atoms with van der Waals surface area (Å²) in [6.45, 7) is 1.81. The summed E-state index contributed by atoms with van der Waals surface area (Å²) < 4.78 is 13.7. The molecule has 1 amide bonds. The Morgan fingerprint density at radius 3 is 3.00 bits per heavy atom. The van der Waals surface area contributed by atoms with Crippen molar-refractivity contribution in [2.45, 2.75) is 6.92 Å². The molecule has 0 spiro atoms. The van der Waals surface area contributed by atoms with Gasteiger partial charge in [-0.05, 0) is 25.1 Å². The number of hydrogen-bond acceptors (Lipinski definition) is 2. The van der Waals surface area contributed by atoms with Gasteiger partial charge in [0.15, 0.2) is 0 Å². The topological polar surface area (TPSA) is 57.8 Å². The van der Waals surface area contributed by atoms with E-state index >= 15 is 0 Å². The summed E-state index contributed by atoms with van der Waals surface area (Å²) in [7, 11) is 0. The van der Waals surface area contributed by atoms with Crippen molar-refractivity contribution < 1.29 is 9.18 Å². The highest BCUT2D eigenvalue weighted by Crippen LogP contribution is 2.21. The van der Waals surface area contributed by atoms with Gasteiger partial charge in [0.1, 0.15) is 5.82 Å². The van der Waals surface area contributed by atoms with Crippen LogP contribution in [0.1, 0.15) is 15.9 Å². The molecule has 0 bridgehead atoms. The first-order valence-corrected chi connectivity index (χ1v) is 6.15. The first kappa shape index (κ1) is 12.3. The van der Waals surface area contributed by atoms with E-state index in [1.807, 2.05) is 13.0 Å². The fourth-order valence-electron chi connectivity index (χ4n) is 2.08. The molecule has 0 aliphatic carbocycles. The standard InChI is InChI=1S/C15H12FN3O/c1-9-5-6-12(16)11(7-9)15(20)18-13-4-2-3-10-8-17-19-14(10)13/h2-8H,1H3,(H,17,19)(H,18,20). The normalized spacial score (nSPS) is 10.7. The minimum absolute atomic E-state index is 0.0292. The number of halogens is 1. The lowest BCUT2D eigenvalue weighted by molar-refractivity contribution is 0.102. The van der Waals surface area contributed by atoms with Gasteiger partial charge in [-0.2, -0.15) is 5.10 Å². The number of amides is 1. The Balaban J connectivity index is 1.96. The van der Waals surface area contributed by atoms with Gasteiger partial charge in [-0.15, -0.1) is 0 Å². The molecular formula is C15H12FN3O. The van der Waals surface area contributed by atoms with E-state index in [0.29, 0.717) is 11.2 Å². The molecule has 3 rings (SSSR count). The third-order valence-electron chi connectivity index (χ3n) is 3.09. The van der Waals surface area contributed by atoms with E-state index in [4.69, 9.17) is 0 Å². The van der Waals surface area contributed by atoms with E-state index in [2.05, 4.69) is 15.5 Å². The van der Waals surface area contributed by atoms with Crippen LogP contribution in [0.2, 0.25) is 0 Å². The lowest BCUT2D eigenvalue weighted by atomic mass is 10.1. The van der Waals surface area contributed by atoms with E-state index < -0.39 is 11.7 Å². The first-order chi connectivity index (χ1) is 9.65. The predicted octanol–water partition coefficient (Wildman–Crippen LogP) is 3.26. The van der Waals surface area contributed by atoms with Crippen LogP contribution in [0.4, 0.5) is 10.1 Å². The molecule has 0 fully saturated rings. The van der Waals surface area contributed by atoms with Crippen molar-refractivity contribution in [3.05, 3.63) is 59.5 Å². The lowest BCUT2D eigenvalue weighted by Crippen LogP contribution is -2.14. The molecule has 5 heteroatoms. The third-order valence-corrected chi connectivity index (χ3v) is 3.09. The Morgan fingerprint density at radius 1 is 1.30 bits per heavy atom. The highest BCUT2D eigenvalue weighted by atomic mass is 19.1. The zero-order valence-corrected chi connectivity index (χ0v) is 10.8. The average Bonchev–Trinajstić information content (AvgIpc) is 2.91. The first-order valence-electron chi connectivity index (χ1n) is 6.15. The molecule has 0 saturated heterocycles. The van der Waals surface area contributed by atoms with Crippen LogP contribution in [0.25, 0.3) is 10.9 Å². The quantitative estimate of drug-likeness (QED) is 0.750. The van der Waals surface area contributed by atoms with Crippen LogP contribution in [-0.2, 0) is 0 Å². The maximum atomic E-state index is 13.7. The average molecular weight is 269 g/mol. The molecular weight excluding hydrogens is 257 g/mol. The van der Waals surface area contributed by atoms with Crippen molar-refractivity contribution in [2.75, 3.05) is 5.32 Å². The van der Waals surface area contributed by atoms with Crippen LogP contribution in [0.15, 0.2) is 42.6 Å². The van der Waals surface area contributed by atoms with Gasteiger partial charge in [0, 0.05) is 5.39 Å². The summed E-state index contributed by atoms with van der Waals surface area (Å²) in [6, 6.07) is 9.87. The molecule has 1 heterocycles. The predicted molar refractivity (Wildman–Crippen MR) is 75.2 cm³/mol. The van der Waals surface area contributed by atoms with E-state index in [1.165, 1.54) is 12.1 Å². The minimum atomic E-state index is -0.537. The van der Waals surface area contributed by atoms with Gasteiger partial charge >= 0.3 is 0 Å². The van der Waals surface area contributed by atoms with E-state index in [1.54, 1.807) is 24.4 Å². The van der Waals surface area contributed by atoms with E-state index in [0.717, 1.165) is 10.9 Å². The number of carbonyl (C=O) groups is 1. The molecule has 20 heavy (non-hydrogen) atoms. The molecule has 2 N–H and O–H groups in total. The van der Waals surface area contributed by atoms with Crippen molar-refractivity contribution >= 4 is 22.5 Å². The molecule has 0 aliphatic heterocycles. The van der Waals surface area contributed by atoms with Crippen LogP contribution >= 0.6 is 0 Å². The van der Waals surface area contributed by atoms with Crippen LogP contribution < -0.4 is 5.32 Å². The summed E-state index contributed by atoms with van der Waals surface area (Å²) in [5.41, 5.74) is 2.15. The Bertz CT molecular complexity index is 795. The highest BCUT2D eigenvalue weighted by Gasteiger charge is 2.13. The number of nitrogens with one attached hydrogen (secondary N) is 2. The van der Waals surface area contributed by atoms with Gasteiger partial charge in [0.25, 0.3) is 5.91 Å². The number of H-pyrrole nitrogens is 1. The van der Waals surface area contributed by atoms with Crippen molar-refractivity contribution in [3.63, 3.8) is 0 Å². The number of nitrogens with zero attached hydrogens (tertiary/aromatic N) is 1. The van der Waals surface area contributed by atoms with Crippen LogP contribution in [0, 0.1) is 12.7 Å². The second-order valence-corrected chi connectivity index (χ2v) is 4.58. The monoisotopic (exact) mass is 269 g/mol. The van der Waals surface area contributed by atoms with Gasteiger partial charge in [0.2, 0.25) is 0 Å². The van der Waals surface area contributed by atoms with Gasteiger partial charge in [-0.25, -0.2) is 4.39 Å². The van der Waals surface area contributed by atoms with E-state index in [9.17, 15) is 9.18 Å². The van der Waals surface area contributed by atoms with Gasteiger partial charge < -0.3 is 5.32 Å². The number of benzene rings is 2. The second kappa shape index (κ2) is 4.77. The number of aromatic amines is 1. The van der Waals surface area contributed by atoms with Crippen LogP contribution in [-0.4, -0.2) is 16.1 Å². The summed E-state index contributed by atoms with van der Waals surface area (Å²) in [6.07, 6.45) is 1.66. The fourth-order valence-corrected chi connectivity index (χ4v) is 2.08. The number of fused-ring (bicyclic) bond motifs is 1. The van der Waals surface area contributed by atoms with Crippen molar-refractivity contribution in [2.24, 2.45) is 0 Å². The second-order valence-electron chi connectivity index (χ2n) is 4.58. The number of anilines is 1. The van der Waals surface area contributed by atoms with E-state index in [-0.39, 0.29) is 5.56 Å². The Labute approximate surface area is 114 Å².